The van der Waals surface area contributed by atoms with Gasteiger partial charge in [-0.3, -0.25) is 0 Å². The van der Waals surface area contributed by atoms with Crippen molar-refractivity contribution in [3.8, 4) is 17.2 Å². The fourth-order valence-corrected chi connectivity index (χ4v) is 3.04. The third-order valence-corrected chi connectivity index (χ3v) is 4.32. The van der Waals surface area contributed by atoms with E-state index in [9.17, 15) is 14.6 Å². The van der Waals surface area contributed by atoms with Crippen molar-refractivity contribution >= 4 is 0 Å². The molecule has 0 bridgehead atoms. The van der Waals surface area contributed by atoms with E-state index in [1.165, 1.54) is 24.3 Å². The van der Waals surface area contributed by atoms with Crippen molar-refractivity contribution in [1.82, 2.24) is 5.32 Å². The molecule has 122 valence electrons. The number of hydrogen-bond donors (Lipinski definition) is 3. The van der Waals surface area contributed by atoms with Crippen LogP contribution in [0.25, 0.3) is 0 Å². The number of piperidine rings is 1. The molecular formula is C18H20FNO3. The van der Waals surface area contributed by atoms with Crippen LogP contribution in [0.15, 0.2) is 42.5 Å². The van der Waals surface area contributed by atoms with Crippen LogP contribution in [0.3, 0.4) is 0 Å². The maximum Gasteiger partial charge on any atom is 0.161 e. The zero-order chi connectivity index (χ0) is 16.2. The van der Waals surface area contributed by atoms with Crippen LogP contribution < -0.4 is 10.1 Å². The fraction of sp³-hybridized carbons (Fsp3) is 0.333. The summed E-state index contributed by atoms with van der Waals surface area (Å²) in [6, 6.07) is 11.1. The van der Waals surface area contributed by atoms with Gasteiger partial charge in [0, 0.05) is 18.5 Å². The average Bonchev–Trinajstić information content (AvgIpc) is 2.57. The summed E-state index contributed by atoms with van der Waals surface area (Å²) in [7, 11) is 0. The normalized spacial score (nSPS) is 21.1. The van der Waals surface area contributed by atoms with Crippen molar-refractivity contribution in [1.29, 1.82) is 0 Å². The monoisotopic (exact) mass is 317 g/mol. The molecule has 0 aliphatic carbocycles. The average molecular weight is 317 g/mol. The van der Waals surface area contributed by atoms with Crippen molar-refractivity contribution in [2.75, 3.05) is 19.7 Å². The summed E-state index contributed by atoms with van der Waals surface area (Å²) in [6.07, 6.45) is 0.973. The van der Waals surface area contributed by atoms with E-state index in [1.807, 2.05) is 12.1 Å². The summed E-state index contributed by atoms with van der Waals surface area (Å²) < 4.78 is 18.9. The zero-order valence-corrected chi connectivity index (χ0v) is 12.7. The highest BCUT2D eigenvalue weighted by Crippen LogP contribution is 2.32. The van der Waals surface area contributed by atoms with E-state index in [2.05, 4.69) is 5.32 Å². The molecule has 0 amide bonds. The van der Waals surface area contributed by atoms with Crippen LogP contribution in [0.4, 0.5) is 4.39 Å². The molecule has 23 heavy (non-hydrogen) atoms. The lowest BCUT2D eigenvalue weighted by Crippen LogP contribution is -2.38. The lowest BCUT2D eigenvalue weighted by Gasteiger charge is -2.32. The molecule has 0 spiro atoms. The molecule has 1 fully saturated rings. The largest absolute Gasteiger partial charge is 0.504 e. The van der Waals surface area contributed by atoms with E-state index < -0.39 is 0 Å². The number of hydrogen-bond acceptors (Lipinski definition) is 4. The quantitative estimate of drug-likeness (QED) is 0.759. The minimum absolute atomic E-state index is 0.166. The maximum atomic E-state index is 13.1. The summed E-state index contributed by atoms with van der Waals surface area (Å²) in [5.74, 6) is 0.492. The van der Waals surface area contributed by atoms with E-state index in [1.54, 1.807) is 6.07 Å². The molecular weight excluding hydrogens is 297 g/mol. The van der Waals surface area contributed by atoms with Gasteiger partial charge in [0.25, 0.3) is 0 Å². The van der Waals surface area contributed by atoms with Crippen LogP contribution in [0, 0.1) is 11.7 Å². The highest BCUT2D eigenvalue weighted by atomic mass is 19.1. The number of ether oxygens (including phenoxy) is 1. The van der Waals surface area contributed by atoms with Gasteiger partial charge < -0.3 is 20.3 Å². The van der Waals surface area contributed by atoms with E-state index >= 15 is 0 Å². The topological polar surface area (TPSA) is 61.7 Å². The summed E-state index contributed by atoms with van der Waals surface area (Å²) in [4.78, 5) is 0. The van der Waals surface area contributed by atoms with Gasteiger partial charge in [0.05, 0.1) is 6.61 Å². The van der Waals surface area contributed by atoms with Crippen LogP contribution in [-0.4, -0.2) is 29.9 Å². The van der Waals surface area contributed by atoms with E-state index in [0.29, 0.717) is 18.3 Å². The Kier molecular flexibility index (Phi) is 4.67. The second-order valence-corrected chi connectivity index (χ2v) is 5.87. The SMILES string of the molecule is Oc1ccc(OC[C@H]2CNCC[C@@H]2c2ccc(F)cc2)cc1O. The minimum Gasteiger partial charge on any atom is -0.504 e. The lowest BCUT2D eigenvalue weighted by molar-refractivity contribution is 0.196. The Balaban J connectivity index is 1.69. The number of halogens is 1. The highest BCUT2D eigenvalue weighted by molar-refractivity contribution is 5.43. The van der Waals surface area contributed by atoms with Gasteiger partial charge in [-0.05, 0) is 48.7 Å². The second-order valence-electron chi connectivity index (χ2n) is 5.87. The molecule has 1 aliphatic rings. The molecule has 3 rings (SSSR count). The first-order valence-corrected chi connectivity index (χ1v) is 7.74. The van der Waals surface area contributed by atoms with Gasteiger partial charge in [0.2, 0.25) is 0 Å². The van der Waals surface area contributed by atoms with Gasteiger partial charge >= 0.3 is 0 Å². The molecule has 1 heterocycles. The van der Waals surface area contributed by atoms with Crippen LogP contribution in [0.2, 0.25) is 0 Å². The number of phenolic OH excluding ortho intramolecular Hbond substituents is 2. The Hall–Kier alpha value is -2.27. The number of nitrogens with one attached hydrogen (secondary N) is 1. The van der Waals surface area contributed by atoms with Gasteiger partial charge in [-0.1, -0.05) is 12.1 Å². The molecule has 2 aromatic rings. The van der Waals surface area contributed by atoms with Crippen molar-refractivity contribution in [2.24, 2.45) is 5.92 Å². The van der Waals surface area contributed by atoms with Crippen LogP contribution in [0.5, 0.6) is 17.2 Å². The van der Waals surface area contributed by atoms with Crippen molar-refractivity contribution in [3.63, 3.8) is 0 Å². The molecule has 1 aliphatic heterocycles. The summed E-state index contributed by atoms with van der Waals surface area (Å²) in [6.45, 7) is 2.24. The van der Waals surface area contributed by atoms with Gasteiger partial charge in [0.15, 0.2) is 11.5 Å². The molecule has 2 atom stereocenters. The summed E-state index contributed by atoms with van der Waals surface area (Å²) in [5.41, 5.74) is 1.12. The Morgan fingerprint density at radius 3 is 2.61 bits per heavy atom. The van der Waals surface area contributed by atoms with Crippen LogP contribution in [-0.2, 0) is 0 Å². The van der Waals surface area contributed by atoms with Gasteiger partial charge in [-0.2, -0.15) is 0 Å². The fourth-order valence-electron chi connectivity index (χ4n) is 3.04. The molecule has 4 nitrogen and oxygen atoms in total. The van der Waals surface area contributed by atoms with Gasteiger partial charge in [0.1, 0.15) is 11.6 Å². The summed E-state index contributed by atoms with van der Waals surface area (Å²) >= 11 is 0. The highest BCUT2D eigenvalue weighted by Gasteiger charge is 2.27. The molecule has 3 N–H and O–H groups in total. The van der Waals surface area contributed by atoms with E-state index in [4.69, 9.17) is 4.74 Å². The third-order valence-electron chi connectivity index (χ3n) is 4.32. The van der Waals surface area contributed by atoms with Crippen LogP contribution in [0.1, 0.15) is 17.9 Å². The predicted octanol–water partition coefficient (Wildman–Crippen LogP) is 3.01. The second kappa shape index (κ2) is 6.87. The first-order valence-electron chi connectivity index (χ1n) is 7.74. The number of phenols is 2. The Morgan fingerprint density at radius 2 is 1.87 bits per heavy atom. The van der Waals surface area contributed by atoms with Crippen molar-refractivity contribution in [3.05, 3.63) is 53.8 Å². The Bertz CT molecular complexity index is 660. The van der Waals surface area contributed by atoms with Gasteiger partial charge in [-0.15, -0.1) is 0 Å². The van der Waals surface area contributed by atoms with Gasteiger partial charge in [-0.25, -0.2) is 4.39 Å². The number of aromatic hydroxyl groups is 2. The minimum atomic E-state index is -0.227. The maximum absolute atomic E-state index is 13.1. The molecule has 0 aromatic heterocycles. The predicted molar refractivity (Wildman–Crippen MR) is 85.4 cm³/mol. The Morgan fingerprint density at radius 1 is 1.09 bits per heavy atom. The first-order chi connectivity index (χ1) is 11.1. The van der Waals surface area contributed by atoms with E-state index in [-0.39, 0.29) is 23.2 Å². The zero-order valence-electron chi connectivity index (χ0n) is 12.7. The standard InChI is InChI=1S/C18H20FNO3/c19-14-3-1-12(2-4-14)16-7-8-20-10-13(16)11-23-15-5-6-17(21)18(22)9-15/h1-6,9,13,16,20-22H,7-8,10-11H2/t13-,16-/m1/s1. The first kappa shape index (κ1) is 15.6. The smallest absolute Gasteiger partial charge is 0.161 e. The van der Waals surface area contributed by atoms with Crippen molar-refractivity contribution in [2.45, 2.75) is 12.3 Å². The Labute approximate surface area is 134 Å². The number of rotatable bonds is 4. The lowest BCUT2D eigenvalue weighted by atomic mass is 9.81. The molecule has 0 radical (unpaired) electrons. The molecule has 2 aromatic carbocycles. The molecule has 0 saturated carbocycles. The van der Waals surface area contributed by atoms with Crippen LogP contribution >= 0.6 is 0 Å². The third kappa shape index (κ3) is 3.74. The van der Waals surface area contributed by atoms with E-state index in [0.717, 1.165) is 25.1 Å². The molecule has 0 unspecified atom stereocenters. The summed E-state index contributed by atoms with van der Waals surface area (Å²) in [5, 5.41) is 22.2. The molecule has 5 heteroatoms. The molecule has 1 saturated heterocycles. The van der Waals surface area contributed by atoms with Crippen molar-refractivity contribution < 1.29 is 19.3 Å². The number of benzene rings is 2.